The van der Waals surface area contributed by atoms with Crippen LogP contribution in [0.4, 0.5) is 5.82 Å². The first-order chi connectivity index (χ1) is 10.1. The van der Waals surface area contributed by atoms with Gasteiger partial charge in [0.05, 0.1) is 11.9 Å². The third-order valence-electron chi connectivity index (χ3n) is 4.46. The fourth-order valence-corrected chi connectivity index (χ4v) is 3.18. The molecule has 1 fully saturated rings. The summed E-state index contributed by atoms with van der Waals surface area (Å²) in [6, 6.07) is 0.604. The standard InChI is InChI=1S/C17H30N4/c1-13(2)9-18-10-15-11-19-12-17(20-15)21(4)16-8-6-5-7-14(16)3/h11-14,16,18H,5-10H2,1-4H3. The molecule has 1 N–H and O–H groups in total. The lowest BCUT2D eigenvalue weighted by Gasteiger charge is -2.36. The fraction of sp³-hybridized carbons (Fsp3) is 0.765. The zero-order valence-corrected chi connectivity index (χ0v) is 14.0. The number of hydrogen-bond donors (Lipinski definition) is 1. The van der Waals surface area contributed by atoms with Crippen molar-refractivity contribution >= 4 is 5.82 Å². The molecule has 0 radical (unpaired) electrons. The quantitative estimate of drug-likeness (QED) is 0.873. The zero-order chi connectivity index (χ0) is 15.2. The Labute approximate surface area is 129 Å². The minimum atomic E-state index is 0.604. The molecule has 21 heavy (non-hydrogen) atoms. The van der Waals surface area contributed by atoms with Crippen molar-refractivity contribution in [2.45, 2.75) is 59.0 Å². The summed E-state index contributed by atoms with van der Waals surface area (Å²) in [6.07, 6.45) is 9.08. The van der Waals surface area contributed by atoms with Crippen LogP contribution in [0.25, 0.3) is 0 Å². The van der Waals surface area contributed by atoms with Crippen LogP contribution in [-0.2, 0) is 6.54 Å². The molecular weight excluding hydrogens is 260 g/mol. The summed E-state index contributed by atoms with van der Waals surface area (Å²) < 4.78 is 0. The third-order valence-corrected chi connectivity index (χ3v) is 4.46. The molecule has 2 atom stereocenters. The number of rotatable bonds is 6. The van der Waals surface area contributed by atoms with Gasteiger partial charge in [-0.15, -0.1) is 0 Å². The van der Waals surface area contributed by atoms with Crippen molar-refractivity contribution in [2.24, 2.45) is 11.8 Å². The van der Waals surface area contributed by atoms with Gasteiger partial charge in [-0.05, 0) is 31.2 Å². The van der Waals surface area contributed by atoms with E-state index >= 15 is 0 Å². The Kier molecular flexibility index (Phi) is 5.97. The fourth-order valence-electron chi connectivity index (χ4n) is 3.18. The molecule has 0 amide bonds. The van der Waals surface area contributed by atoms with Gasteiger partial charge in [0.15, 0.2) is 0 Å². The highest BCUT2D eigenvalue weighted by atomic mass is 15.2. The van der Waals surface area contributed by atoms with Crippen LogP contribution < -0.4 is 10.2 Å². The molecule has 1 aliphatic carbocycles. The molecule has 4 heteroatoms. The lowest BCUT2D eigenvalue weighted by atomic mass is 9.85. The van der Waals surface area contributed by atoms with E-state index in [1.807, 2.05) is 12.4 Å². The summed E-state index contributed by atoms with van der Waals surface area (Å²) in [5.41, 5.74) is 1.03. The molecule has 0 aromatic carbocycles. The van der Waals surface area contributed by atoms with Gasteiger partial charge in [-0.3, -0.25) is 4.98 Å². The molecule has 2 unspecified atom stereocenters. The second kappa shape index (κ2) is 7.74. The molecule has 0 saturated heterocycles. The maximum atomic E-state index is 4.78. The number of nitrogens with one attached hydrogen (secondary N) is 1. The van der Waals surface area contributed by atoms with Crippen molar-refractivity contribution in [1.29, 1.82) is 0 Å². The monoisotopic (exact) mass is 290 g/mol. The van der Waals surface area contributed by atoms with Crippen LogP contribution in [0.1, 0.15) is 52.1 Å². The first-order valence-corrected chi connectivity index (χ1v) is 8.32. The van der Waals surface area contributed by atoms with Gasteiger partial charge in [-0.25, -0.2) is 4.98 Å². The maximum Gasteiger partial charge on any atom is 0.147 e. The lowest BCUT2D eigenvalue weighted by molar-refractivity contribution is 0.320. The molecule has 1 saturated carbocycles. The average molecular weight is 290 g/mol. The van der Waals surface area contributed by atoms with Crippen molar-refractivity contribution in [3.63, 3.8) is 0 Å². The normalized spacial score (nSPS) is 22.5. The van der Waals surface area contributed by atoms with Gasteiger partial charge in [0.2, 0.25) is 0 Å². The summed E-state index contributed by atoms with van der Waals surface area (Å²) in [7, 11) is 2.17. The van der Waals surface area contributed by atoms with E-state index in [-0.39, 0.29) is 0 Å². The van der Waals surface area contributed by atoms with Gasteiger partial charge in [0.25, 0.3) is 0 Å². The van der Waals surface area contributed by atoms with E-state index in [0.717, 1.165) is 30.5 Å². The van der Waals surface area contributed by atoms with Crippen LogP contribution in [0.15, 0.2) is 12.4 Å². The Morgan fingerprint density at radius 1 is 1.29 bits per heavy atom. The molecule has 1 aromatic rings. The first kappa shape index (κ1) is 16.2. The predicted octanol–water partition coefficient (Wildman–Crippen LogP) is 3.24. The van der Waals surface area contributed by atoms with Crippen LogP contribution in [0.5, 0.6) is 0 Å². The summed E-state index contributed by atoms with van der Waals surface area (Å²) in [4.78, 5) is 11.5. The van der Waals surface area contributed by atoms with Crippen LogP contribution in [0, 0.1) is 11.8 Å². The van der Waals surface area contributed by atoms with Gasteiger partial charge in [-0.2, -0.15) is 0 Å². The Balaban J connectivity index is 1.98. The Morgan fingerprint density at radius 3 is 2.76 bits per heavy atom. The maximum absolute atomic E-state index is 4.78. The van der Waals surface area contributed by atoms with Crippen LogP contribution in [0.3, 0.4) is 0 Å². The van der Waals surface area contributed by atoms with Gasteiger partial charge in [0, 0.05) is 25.8 Å². The summed E-state index contributed by atoms with van der Waals surface area (Å²) >= 11 is 0. The Morgan fingerprint density at radius 2 is 2.05 bits per heavy atom. The van der Waals surface area contributed by atoms with Crippen LogP contribution >= 0.6 is 0 Å². The van der Waals surface area contributed by atoms with E-state index in [4.69, 9.17) is 4.98 Å². The Hall–Kier alpha value is -1.16. The summed E-state index contributed by atoms with van der Waals surface area (Å²) in [5, 5.41) is 3.43. The van der Waals surface area contributed by atoms with Crippen LogP contribution in [0.2, 0.25) is 0 Å². The summed E-state index contributed by atoms with van der Waals surface area (Å²) in [5.74, 6) is 2.41. The molecule has 4 nitrogen and oxygen atoms in total. The van der Waals surface area contributed by atoms with Gasteiger partial charge in [0.1, 0.15) is 5.82 Å². The molecule has 0 aliphatic heterocycles. The van der Waals surface area contributed by atoms with E-state index in [0.29, 0.717) is 12.0 Å². The van der Waals surface area contributed by atoms with E-state index in [2.05, 4.69) is 43.0 Å². The van der Waals surface area contributed by atoms with E-state index < -0.39 is 0 Å². The first-order valence-electron chi connectivity index (χ1n) is 8.32. The smallest absolute Gasteiger partial charge is 0.147 e. The van der Waals surface area contributed by atoms with Gasteiger partial charge < -0.3 is 10.2 Å². The number of aromatic nitrogens is 2. The van der Waals surface area contributed by atoms with Crippen molar-refractivity contribution < 1.29 is 0 Å². The van der Waals surface area contributed by atoms with E-state index in [1.54, 1.807) is 0 Å². The zero-order valence-electron chi connectivity index (χ0n) is 14.0. The second-order valence-electron chi connectivity index (χ2n) is 6.83. The average Bonchev–Trinajstić information content (AvgIpc) is 2.47. The van der Waals surface area contributed by atoms with Crippen molar-refractivity contribution in [3.8, 4) is 0 Å². The molecule has 1 aliphatic rings. The Bertz CT molecular complexity index is 433. The molecule has 0 bridgehead atoms. The minimum Gasteiger partial charge on any atom is -0.355 e. The van der Waals surface area contributed by atoms with E-state index in [9.17, 15) is 0 Å². The number of nitrogens with zero attached hydrogens (tertiary/aromatic N) is 3. The molecule has 0 spiro atoms. The lowest BCUT2D eigenvalue weighted by Crippen LogP contribution is -2.39. The SMILES string of the molecule is CC(C)CNCc1cncc(N(C)C2CCCCC2C)n1. The topological polar surface area (TPSA) is 41.1 Å². The minimum absolute atomic E-state index is 0.604. The third kappa shape index (κ3) is 4.67. The van der Waals surface area contributed by atoms with Gasteiger partial charge >= 0.3 is 0 Å². The number of hydrogen-bond acceptors (Lipinski definition) is 4. The molecular formula is C17H30N4. The highest BCUT2D eigenvalue weighted by Crippen LogP contribution is 2.29. The van der Waals surface area contributed by atoms with Gasteiger partial charge in [-0.1, -0.05) is 33.6 Å². The van der Waals surface area contributed by atoms with E-state index in [1.165, 1.54) is 25.7 Å². The largest absolute Gasteiger partial charge is 0.355 e. The molecule has 118 valence electrons. The molecule has 1 aromatic heterocycles. The second-order valence-corrected chi connectivity index (χ2v) is 6.83. The highest BCUT2D eigenvalue weighted by molar-refractivity contribution is 5.37. The molecule has 2 rings (SSSR count). The predicted molar refractivity (Wildman–Crippen MR) is 88.4 cm³/mol. The highest BCUT2D eigenvalue weighted by Gasteiger charge is 2.25. The molecule has 1 heterocycles. The number of anilines is 1. The van der Waals surface area contributed by atoms with Crippen LogP contribution in [-0.4, -0.2) is 29.6 Å². The summed E-state index contributed by atoms with van der Waals surface area (Å²) in [6.45, 7) is 8.61. The van der Waals surface area contributed by atoms with Crippen molar-refractivity contribution in [2.75, 3.05) is 18.5 Å². The van der Waals surface area contributed by atoms with Crippen molar-refractivity contribution in [1.82, 2.24) is 15.3 Å². The van der Waals surface area contributed by atoms with Crippen molar-refractivity contribution in [3.05, 3.63) is 18.1 Å².